The number of carbonyl (C=O) groups excluding carboxylic acids is 1. The van der Waals surface area contributed by atoms with E-state index in [0.717, 1.165) is 11.8 Å². The van der Waals surface area contributed by atoms with Crippen molar-refractivity contribution in [1.29, 1.82) is 0 Å². The van der Waals surface area contributed by atoms with E-state index >= 15 is 0 Å². The number of nitrogens with two attached hydrogens (primary N) is 1. The minimum Gasteiger partial charge on any atom is -0.369 e. The Hall–Kier alpha value is -0.530. The van der Waals surface area contributed by atoms with Gasteiger partial charge < -0.3 is 5.73 Å². The molecule has 1 amide bonds. The third kappa shape index (κ3) is 0.999. The predicted octanol–water partition coefficient (Wildman–Crippen LogP) is 1.93. The van der Waals surface area contributed by atoms with Gasteiger partial charge in [-0.2, -0.15) is 0 Å². The van der Waals surface area contributed by atoms with Crippen LogP contribution in [0.4, 0.5) is 0 Å². The van der Waals surface area contributed by atoms with Crippen molar-refractivity contribution >= 4 is 5.91 Å². The van der Waals surface area contributed by atoms with E-state index in [2.05, 4.69) is 6.92 Å². The fourth-order valence-electron chi connectivity index (χ4n) is 5.02. The van der Waals surface area contributed by atoms with Crippen molar-refractivity contribution in [3.05, 3.63) is 0 Å². The van der Waals surface area contributed by atoms with Crippen LogP contribution in [0, 0.1) is 29.1 Å². The summed E-state index contributed by atoms with van der Waals surface area (Å²) in [5.74, 6) is 2.61. The summed E-state index contributed by atoms with van der Waals surface area (Å²) in [4.78, 5) is 11.5. The van der Waals surface area contributed by atoms with Crippen LogP contribution in [-0.2, 0) is 4.79 Å². The van der Waals surface area contributed by atoms with E-state index < -0.39 is 0 Å². The molecule has 78 valence electrons. The summed E-state index contributed by atoms with van der Waals surface area (Å²) in [6, 6.07) is 0. The van der Waals surface area contributed by atoms with Crippen molar-refractivity contribution in [3.63, 3.8) is 0 Å². The van der Waals surface area contributed by atoms with E-state index in [1.807, 2.05) is 0 Å². The molecule has 4 aliphatic carbocycles. The third-order valence-corrected chi connectivity index (χ3v) is 4.98. The summed E-state index contributed by atoms with van der Waals surface area (Å²) in [6.07, 6.45) is 6.50. The van der Waals surface area contributed by atoms with Crippen LogP contribution in [-0.4, -0.2) is 5.91 Å². The Labute approximate surface area is 85.2 Å². The van der Waals surface area contributed by atoms with Gasteiger partial charge in [-0.3, -0.25) is 4.79 Å². The molecule has 3 atom stereocenters. The highest BCUT2D eigenvalue weighted by Crippen LogP contribution is 2.62. The lowest BCUT2D eigenvalue weighted by molar-refractivity contribution is -0.147. The first kappa shape index (κ1) is 8.75. The van der Waals surface area contributed by atoms with E-state index in [4.69, 9.17) is 5.73 Å². The molecule has 0 aromatic carbocycles. The van der Waals surface area contributed by atoms with Crippen molar-refractivity contribution in [1.82, 2.24) is 0 Å². The highest BCUT2D eigenvalue weighted by atomic mass is 16.1. The molecule has 4 rings (SSSR count). The van der Waals surface area contributed by atoms with E-state index in [9.17, 15) is 4.79 Å². The van der Waals surface area contributed by atoms with Gasteiger partial charge in [0.25, 0.3) is 0 Å². The summed E-state index contributed by atoms with van der Waals surface area (Å²) in [5, 5.41) is 0. The Morgan fingerprint density at radius 2 is 1.79 bits per heavy atom. The smallest absolute Gasteiger partial charge is 0.221 e. The minimum atomic E-state index is -0.0312. The molecule has 4 aliphatic rings. The summed E-state index contributed by atoms with van der Waals surface area (Å²) in [7, 11) is 0. The fraction of sp³-hybridized carbons (Fsp3) is 0.917. The summed E-state index contributed by atoms with van der Waals surface area (Å²) in [5.41, 5.74) is 5.83. The molecule has 0 radical (unpaired) electrons. The molecule has 0 aromatic rings. The van der Waals surface area contributed by atoms with Crippen LogP contribution in [0.25, 0.3) is 0 Å². The molecular formula is C12H19NO. The van der Waals surface area contributed by atoms with Gasteiger partial charge in [0.15, 0.2) is 0 Å². The lowest BCUT2D eigenvalue weighted by Gasteiger charge is -2.59. The zero-order valence-electron chi connectivity index (χ0n) is 8.83. The first-order valence-corrected chi connectivity index (χ1v) is 5.88. The zero-order valence-corrected chi connectivity index (χ0v) is 8.83. The second kappa shape index (κ2) is 2.53. The van der Waals surface area contributed by atoms with Gasteiger partial charge in [0, 0.05) is 5.92 Å². The zero-order chi connectivity index (χ0) is 9.92. The SMILES string of the molecule is CC12CC3CC(CC(C3)C1C(N)=O)C2. The summed E-state index contributed by atoms with van der Waals surface area (Å²) < 4.78 is 0. The topological polar surface area (TPSA) is 43.1 Å². The molecule has 3 unspecified atom stereocenters. The Bertz CT molecular complexity index is 272. The Morgan fingerprint density at radius 1 is 1.21 bits per heavy atom. The first-order valence-electron chi connectivity index (χ1n) is 5.88. The van der Waals surface area contributed by atoms with Crippen LogP contribution in [0.15, 0.2) is 0 Å². The predicted molar refractivity (Wildman–Crippen MR) is 54.3 cm³/mol. The van der Waals surface area contributed by atoms with Gasteiger partial charge in [0.2, 0.25) is 5.91 Å². The van der Waals surface area contributed by atoms with Crippen LogP contribution in [0.5, 0.6) is 0 Å². The first-order chi connectivity index (χ1) is 6.58. The van der Waals surface area contributed by atoms with Gasteiger partial charge in [0.1, 0.15) is 0 Å². The van der Waals surface area contributed by atoms with Crippen molar-refractivity contribution in [3.8, 4) is 0 Å². The maximum Gasteiger partial charge on any atom is 0.221 e. The molecule has 0 saturated heterocycles. The van der Waals surface area contributed by atoms with E-state index in [0.29, 0.717) is 5.92 Å². The standard InChI is InChI=1S/C12H19NO/c1-12-5-7-2-8(6-12)4-9(3-7)10(12)11(13)14/h7-10H,2-6H2,1H3,(H2,13,14). The molecule has 4 bridgehead atoms. The average molecular weight is 193 g/mol. The van der Waals surface area contributed by atoms with Crippen molar-refractivity contribution < 1.29 is 4.79 Å². The minimum absolute atomic E-state index is 0.0312. The van der Waals surface area contributed by atoms with E-state index in [-0.39, 0.29) is 17.2 Å². The molecule has 4 saturated carbocycles. The Kier molecular flexibility index (Phi) is 1.58. The maximum atomic E-state index is 11.5. The largest absolute Gasteiger partial charge is 0.369 e. The molecule has 2 nitrogen and oxygen atoms in total. The maximum absolute atomic E-state index is 11.5. The van der Waals surface area contributed by atoms with Gasteiger partial charge in [-0.25, -0.2) is 0 Å². The van der Waals surface area contributed by atoms with Crippen molar-refractivity contribution in [2.75, 3.05) is 0 Å². The number of primary amides is 1. The number of hydrogen-bond acceptors (Lipinski definition) is 1. The highest BCUT2D eigenvalue weighted by Gasteiger charge is 2.56. The number of rotatable bonds is 1. The van der Waals surface area contributed by atoms with E-state index in [1.165, 1.54) is 32.1 Å². The van der Waals surface area contributed by atoms with Gasteiger partial charge in [-0.15, -0.1) is 0 Å². The van der Waals surface area contributed by atoms with Gasteiger partial charge >= 0.3 is 0 Å². The summed E-state index contributed by atoms with van der Waals surface area (Å²) >= 11 is 0. The normalized spacial score (nSPS) is 54.9. The number of hydrogen-bond donors (Lipinski definition) is 1. The van der Waals surface area contributed by atoms with Crippen LogP contribution < -0.4 is 5.73 Å². The molecule has 0 spiro atoms. The molecule has 4 fully saturated rings. The average Bonchev–Trinajstić information content (AvgIpc) is 1.97. The second-order valence-electron chi connectivity index (χ2n) is 6.14. The highest BCUT2D eigenvalue weighted by molar-refractivity contribution is 5.78. The lowest BCUT2D eigenvalue weighted by atomic mass is 9.45. The van der Waals surface area contributed by atoms with Crippen LogP contribution in [0.3, 0.4) is 0 Å². The second-order valence-corrected chi connectivity index (χ2v) is 6.14. The van der Waals surface area contributed by atoms with Crippen molar-refractivity contribution in [2.45, 2.75) is 39.0 Å². The fourth-order valence-corrected chi connectivity index (χ4v) is 5.02. The van der Waals surface area contributed by atoms with Gasteiger partial charge in [0.05, 0.1) is 0 Å². The molecule has 0 aliphatic heterocycles. The van der Waals surface area contributed by atoms with Crippen LogP contribution >= 0.6 is 0 Å². The molecule has 2 N–H and O–H groups in total. The van der Waals surface area contributed by atoms with Crippen LogP contribution in [0.1, 0.15) is 39.0 Å². The third-order valence-electron chi connectivity index (χ3n) is 4.98. The molecule has 2 heteroatoms. The quantitative estimate of drug-likeness (QED) is 0.679. The van der Waals surface area contributed by atoms with Gasteiger partial charge in [-0.1, -0.05) is 6.92 Å². The Morgan fingerprint density at radius 3 is 2.21 bits per heavy atom. The summed E-state index contributed by atoms with van der Waals surface area (Å²) in [6.45, 7) is 2.30. The molecular weight excluding hydrogens is 174 g/mol. The monoisotopic (exact) mass is 193 g/mol. The molecule has 0 aromatic heterocycles. The molecule has 14 heavy (non-hydrogen) atoms. The van der Waals surface area contributed by atoms with E-state index in [1.54, 1.807) is 0 Å². The lowest BCUT2D eigenvalue weighted by Crippen LogP contribution is -2.55. The number of carbonyl (C=O) groups is 1. The van der Waals surface area contributed by atoms with Crippen molar-refractivity contribution in [2.24, 2.45) is 34.8 Å². The molecule has 0 heterocycles. The van der Waals surface area contributed by atoms with Gasteiger partial charge in [-0.05, 0) is 55.3 Å². The Balaban J connectivity index is 1.97. The number of amides is 1. The van der Waals surface area contributed by atoms with Crippen LogP contribution in [0.2, 0.25) is 0 Å².